The number of hydrogen-bond acceptors (Lipinski definition) is 9. The van der Waals surface area contributed by atoms with E-state index in [-0.39, 0.29) is 23.0 Å². The van der Waals surface area contributed by atoms with E-state index in [0.717, 1.165) is 12.8 Å². The Balaban J connectivity index is 1.71. The minimum absolute atomic E-state index is 0.0374. The van der Waals surface area contributed by atoms with Gasteiger partial charge in [0.1, 0.15) is 17.0 Å². The Kier molecular flexibility index (Phi) is 7.88. The molecule has 1 radical (unpaired) electrons. The summed E-state index contributed by atoms with van der Waals surface area (Å²) < 4.78 is 34.3. The van der Waals surface area contributed by atoms with E-state index in [4.69, 9.17) is 9.84 Å². The van der Waals surface area contributed by atoms with Gasteiger partial charge in [0.2, 0.25) is 10.0 Å². The summed E-state index contributed by atoms with van der Waals surface area (Å²) in [6.07, 6.45) is 2.24. The van der Waals surface area contributed by atoms with Crippen molar-refractivity contribution in [2.75, 3.05) is 45.9 Å². The largest absolute Gasteiger partial charge is 0.493 e. The number of nitrogens with zero attached hydrogens (tertiary/aromatic N) is 6. The van der Waals surface area contributed by atoms with Gasteiger partial charge in [-0.25, -0.2) is 13.4 Å². The number of amides is 1. The predicted octanol–water partition coefficient (Wildman–Crippen LogP) is 1.90. The number of aliphatic imine (C=N–C) groups is 1. The number of benzene rings is 1. The van der Waals surface area contributed by atoms with Crippen molar-refractivity contribution in [1.29, 1.82) is 0 Å². The van der Waals surface area contributed by atoms with Gasteiger partial charge in [-0.3, -0.25) is 9.69 Å². The zero-order valence-electron chi connectivity index (χ0n) is 21.0. The topological polar surface area (TPSA) is 138 Å². The molecule has 1 saturated heterocycles. The van der Waals surface area contributed by atoms with E-state index in [1.807, 2.05) is 25.7 Å². The van der Waals surface area contributed by atoms with E-state index < -0.39 is 21.5 Å². The molecule has 0 bridgehead atoms. The number of aliphatic hydroxyl groups is 1. The monoisotopic (exact) mass is 517 g/mol. The Labute approximate surface area is 212 Å². The number of rotatable bonds is 10. The Morgan fingerprint density at radius 2 is 1.89 bits per heavy atom. The molecule has 1 unspecified atom stereocenters. The van der Waals surface area contributed by atoms with Gasteiger partial charge in [-0.2, -0.15) is 14.7 Å². The molecule has 1 amide bonds. The summed E-state index contributed by atoms with van der Waals surface area (Å²) in [6.45, 7) is 8.58. The minimum Gasteiger partial charge on any atom is -0.493 e. The standard InChI is InChI=1S/C24H33N6O5S/c1-4-8-24(3)21-20(27-28-24)23(32)26-22(25-21)18-16-17(6-7-19(18)35-15-5-2)36(33,34)30-11-9-29(10-12-30)13-14-31/h6-7,16,31H,4-5,8-15H2,1-3H3. The molecule has 195 valence electrons. The highest BCUT2D eigenvalue weighted by atomic mass is 32.2. The molecule has 0 saturated carbocycles. The number of piperazine rings is 1. The summed E-state index contributed by atoms with van der Waals surface area (Å²) in [5.41, 5.74) is 0.196. The maximum absolute atomic E-state index is 13.5. The van der Waals surface area contributed by atoms with Crippen LogP contribution in [0.15, 0.2) is 49.7 Å². The lowest BCUT2D eigenvalue weighted by molar-refractivity contribution is -0.116. The van der Waals surface area contributed by atoms with E-state index in [1.165, 1.54) is 16.4 Å². The van der Waals surface area contributed by atoms with Crippen LogP contribution in [0, 0.1) is 0 Å². The molecule has 11 nitrogen and oxygen atoms in total. The average molecular weight is 518 g/mol. The fraction of sp³-hybridized carbons (Fsp3) is 0.583. The average Bonchev–Trinajstić information content (AvgIpc) is 3.20. The van der Waals surface area contributed by atoms with E-state index in [1.54, 1.807) is 6.07 Å². The second kappa shape index (κ2) is 10.8. The highest BCUT2D eigenvalue weighted by Gasteiger charge is 2.42. The highest BCUT2D eigenvalue weighted by molar-refractivity contribution is 7.89. The summed E-state index contributed by atoms with van der Waals surface area (Å²) in [5, 5.41) is 21.6. The minimum atomic E-state index is -3.80. The molecule has 1 aromatic rings. The molecule has 1 aromatic carbocycles. The third-order valence-electron chi connectivity index (χ3n) is 6.51. The van der Waals surface area contributed by atoms with Crippen LogP contribution in [0.1, 0.15) is 45.6 Å². The molecular weight excluding hydrogens is 484 g/mol. The van der Waals surface area contributed by atoms with Gasteiger partial charge in [-0.15, -0.1) is 5.11 Å². The molecule has 1 atom stereocenters. The molecule has 36 heavy (non-hydrogen) atoms. The first-order valence-corrected chi connectivity index (χ1v) is 13.8. The number of aliphatic hydroxyl groups excluding tert-OH is 1. The van der Waals surface area contributed by atoms with Crippen molar-refractivity contribution < 1.29 is 23.1 Å². The van der Waals surface area contributed by atoms with Gasteiger partial charge >= 0.3 is 5.91 Å². The SMILES string of the molecule is CCCOc1ccc(S(=O)(=O)N2CCN(CCO)CC2)cc1C1=NC2=C(N=NC2(C)CCC)C(=O)[N]1. The molecule has 12 heteroatoms. The molecule has 1 N–H and O–H groups in total. The van der Waals surface area contributed by atoms with Crippen LogP contribution in [0.5, 0.6) is 5.75 Å². The number of sulfonamides is 1. The zero-order chi connectivity index (χ0) is 25.9. The van der Waals surface area contributed by atoms with Crippen molar-refractivity contribution in [3.63, 3.8) is 0 Å². The van der Waals surface area contributed by atoms with Crippen LogP contribution in [0.2, 0.25) is 0 Å². The third kappa shape index (κ3) is 5.08. The van der Waals surface area contributed by atoms with Gasteiger partial charge in [-0.1, -0.05) is 20.3 Å². The first kappa shape index (κ1) is 26.4. The molecule has 0 spiro atoms. The lowest BCUT2D eigenvalue weighted by atomic mass is 9.92. The van der Waals surface area contributed by atoms with E-state index in [0.29, 0.717) is 62.8 Å². The molecule has 0 aliphatic carbocycles. The van der Waals surface area contributed by atoms with Crippen LogP contribution in [-0.4, -0.2) is 85.9 Å². The Hall–Kier alpha value is -2.67. The Morgan fingerprint density at radius 1 is 1.14 bits per heavy atom. The number of amidine groups is 1. The molecule has 1 fully saturated rings. The predicted molar refractivity (Wildman–Crippen MR) is 133 cm³/mol. The van der Waals surface area contributed by atoms with Crippen LogP contribution in [-0.2, 0) is 14.8 Å². The Bertz CT molecular complexity index is 1200. The van der Waals surface area contributed by atoms with Crippen LogP contribution in [0.4, 0.5) is 0 Å². The molecule has 3 heterocycles. The lowest BCUT2D eigenvalue weighted by Gasteiger charge is -2.33. The Morgan fingerprint density at radius 3 is 2.56 bits per heavy atom. The van der Waals surface area contributed by atoms with E-state index in [9.17, 15) is 13.2 Å². The van der Waals surface area contributed by atoms with Crippen LogP contribution in [0.25, 0.3) is 0 Å². The van der Waals surface area contributed by atoms with Crippen molar-refractivity contribution in [3.05, 3.63) is 35.2 Å². The van der Waals surface area contributed by atoms with Crippen LogP contribution in [0.3, 0.4) is 0 Å². The third-order valence-corrected chi connectivity index (χ3v) is 8.40. The van der Waals surface area contributed by atoms with E-state index in [2.05, 4.69) is 20.5 Å². The molecule has 4 rings (SSSR count). The van der Waals surface area contributed by atoms with Crippen molar-refractivity contribution in [1.82, 2.24) is 14.5 Å². The lowest BCUT2D eigenvalue weighted by Crippen LogP contribution is -2.49. The van der Waals surface area contributed by atoms with Gasteiger partial charge in [0.25, 0.3) is 0 Å². The summed E-state index contributed by atoms with van der Waals surface area (Å²) in [4.78, 5) is 19.6. The number of carbonyl (C=O) groups excluding carboxylic acids is 1. The first-order valence-electron chi connectivity index (χ1n) is 12.4. The number of ether oxygens (including phenoxy) is 1. The van der Waals surface area contributed by atoms with Crippen molar-refractivity contribution in [2.24, 2.45) is 15.2 Å². The van der Waals surface area contributed by atoms with Gasteiger partial charge in [0.05, 0.1) is 23.7 Å². The maximum atomic E-state index is 13.5. The smallest absolute Gasteiger partial charge is 0.301 e. The number of azo groups is 1. The quantitative estimate of drug-likeness (QED) is 0.503. The summed E-state index contributed by atoms with van der Waals surface area (Å²) in [5.74, 6) is -0.0374. The molecule has 3 aliphatic rings. The number of hydrogen-bond donors (Lipinski definition) is 1. The number of β-amino-alcohol motifs (C(OH)–C–C–N with tert-alkyl or cyclic N) is 1. The summed E-state index contributed by atoms with van der Waals surface area (Å²) in [6, 6.07) is 4.60. The van der Waals surface area contributed by atoms with Crippen LogP contribution >= 0.6 is 0 Å². The van der Waals surface area contributed by atoms with Gasteiger partial charge in [0, 0.05) is 32.7 Å². The van der Waals surface area contributed by atoms with Gasteiger partial charge in [-0.05, 0) is 38.0 Å². The van der Waals surface area contributed by atoms with Crippen molar-refractivity contribution >= 4 is 21.8 Å². The van der Waals surface area contributed by atoms with Crippen molar-refractivity contribution in [2.45, 2.75) is 50.5 Å². The van der Waals surface area contributed by atoms with Gasteiger partial charge < -0.3 is 9.84 Å². The second-order valence-corrected chi connectivity index (χ2v) is 11.2. The zero-order valence-corrected chi connectivity index (χ0v) is 21.8. The molecule has 3 aliphatic heterocycles. The number of carbonyl (C=O) groups is 1. The molecule has 0 aromatic heterocycles. The first-order chi connectivity index (χ1) is 17.2. The van der Waals surface area contributed by atoms with Gasteiger partial charge in [0.15, 0.2) is 11.5 Å². The fourth-order valence-electron chi connectivity index (χ4n) is 4.55. The maximum Gasteiger partial charge on any atom is 0.301 e. The summed E-state index contributed by atoms with van der Waals surface area (Å²) >= 11 is 0. The van der Waals surface area contributed by atoms with Crippen molar-refractivity contribution in [3.8, 4) is 5.75 Å². The fourth-order valence-corrected chi connectivity index (χ4v) is 6.00. The molecular formula is C24H33N6O5S. The normalized spacial score (nSPS) is 23.0. The summed E-state index contributed by atoms with van der Waals surface area (Å²) in [7, 11) is -3.80. The second-order valence-electron chi connectivity index (χ2n) is 9.25. The highest BCUT2D eigenvalue weighted by Crippen LogP contribution is 2.39. The van der Waals surface area contributed by atoms with E-state index >= 15 is 0 Å². The van der Waals surface area contributed by atoms with Crippen LogP contribution < -0.4 is 10.1 Å².